The quantitative estimate of drug-likeness (QED) is 0.679. The first kappa shape index (κ1) is 17.3. The van der Waals surface area contributed by atoms with E-state index in [-0.39, 0.29) is 11.6 Å². The van der Waals surface area contributed by atoms with Crippen LogP contribution in [0.2, 0.25) is 0 Å². The fourth-order valence-corrected chi connectivity index (χ4v) is 3.20. The number of hydrogen-bond acceptors (Lipinski definition) is 6. The first-order chi connectivity index (χ1) is 10.9. The van der Waals surface area contributed by atoms with Crippen molar-refractivity contribution in [3.8, 4) is 0 Å². The Kier molecular flexibility index (Phi) is 5.64. The Bertz CT molecular complexity index is 771. The van der Waals surface area contributed by atoms with Crippen molar-refractivity contribution in [2.24, 2.45) is 0 Å². The van der Waals surface area contributed by atoms with Gasteiger partial charge >= 0.3 is 6.03 Å². The summed E-state index contributed by atoms with van der Waals surface area (Å²) in [6.07, 6.45) is 0.733. The summed E-state index contributed by atoms with van der Waals surface area (Å²) in [7, 11) is -3.66. The highest BCUT2D eigenvalue weighted by atomic mass is 32.2. The third-order valence-electron chi connectivity index (χ3n) is 2.83. The molecule has 10 heteroatoms. The first-order valence-corrected chi connectivity index (χ1v) is 9.14. The van der Waals surface area contributed by atoms with Gasteiger partial charge in [0.15, 0.2) is 0 Å². The lowest BCUT2D eigenvalue weighted by Crippen LogP contribution is -2.39. The van der Waals surface area contributed by atoms with E-state index in [1.807, 2.05) is 13.8 Å². The molecule has 0 unspecified atom stereocenters. The normalized spacial score (nSPS) is 11.2. The van der Waals surface area contributed by atoms with Crippen LogP contribution in [0.25, 0.3) is 0 Å². The molecule has 0 aliphatic rings. The lowest BCUT2D eigenvalue weighted by Gasteiger charge is -2.08. The van der Waals surface area contributed by atoms with Crippen LogP contribution in [0.4, 0.5) is 9.93 Å². The van der Waals surface area contributed by atoms with Crippen LogP contribution in [0.15, 0.2) is 29.2 Å². The van der Waals surface area contributed by atoms with Crippen molar-refractivity contribution in [2.45, 2.75) is 25.2 Å². The standard InChI is InChI=1S/C13H17N5O3S2/c1-3-11-17-18-13(22-11)16-12(19)14-8-15-23(20,21)10-6-4-9(2)5-7-10/h4-7,15H,3,8H2,1-2H3,(H2,14,16,18,19). The Hall–Kier alpha value is -2.04. The number of urea groups is 1. The summed E-state index contributed by atoms with van der Waals surface area (Å²) in [5.74, 6) is 0. The van der Waals surface area contributed by atoms with Gasteiger partial charge in [0.1, 0.15) is 5.01 Å². The minimum absolute atomic E-state index is 0.141. The molecule has 0 radical (unpaired) electrons. The smallest absolute Gasteiger partial charge is 0.322 e. The molecule has 0 saturated heterocycles. The molecule has 0 atom stereocenters. The van der Waals surface area contributed by atoms with Crippen LogP contribution in [0.3, 0.4) is 0 Å². The van der Waals surface area contributed by atoms with E-state index in [9.17, 15) is 13.2 Å². The number of hydrogen-bond donors (Lipinski definition) is 3. The fraction of sp³-hybridized carbons (Fsp3) is 0.308. The number of anilines is 1. The highest BCUT2D eigenvalue weighted by Gasteiger charge is 2.13. The van der Waals surface area contributed by atoms with E-state index in [0.717, 1.165) is 17.0 Å². The van der Waals surface area contributed by atoms with Gasteiger partial charge in [0.25, 0.3) is 0 Å². The largest absolute Gasteiger partial charge is 0.324 e. The number of sulfonamides is 1. The topological polar surface area (TPSA) is 113 Å². The van der Waals surface area contributed by atoms with Crippen LogP contribution < -0.4 is 15.4 Å². The monoisotopic (exact) mass is 355 g/mol. The minimum atomic E-state index is -3.66. The number of rotatable bonds is 6. The van der Waals surface area contributed by atoms with Gasteiger partial charge in [0, 0.05) is 0 Å². The predicted molar refractivity (Wildman–Crippen MR) is 87.8 cm³/mol. The van der Waals surface area contributed by atoms with Crippen molar-refractivity contribution in [2.75, 3.05) is 12.0 Å². The lowest BCUT2D eigenvalue weighted by molar-refractivity contribution is 0.252. The Morgan fingerprint density at radius 2 is 1.91 bits per heavy atom. The second-order valence-electron chi connectivity index (χ2n) is 4.62. The van der Waals surface area contributed by atoms with Crippen LogP contribution in [-0.2, 0) is 16.4 Å². The van der Waals surface area contributed by atoms with Gasteiger partial charge in [0.2, 0.25) is 15.2 Å². The zero-order chi connectivity index (χ0) is 16.9. The summed E-state index contributed by atoms with van der Waals surface area (Å²) < 4.78 is 26.3. The number of aromatic nitrogens is 2. The summed E-state index contributed by atoms with van der Waals surface area (Å²) in [6, 6.07) is 5.86. The van der Waals surface area contributed by atoms with Crippen LogP contribution >= 0.6 is 11.3 Å². The molecule has 1 heterocycles. The minimum Gasteiger partial charge on any atom is -0.324 e. The maximum Gasteiger partial charge on any atom is 0.322 e. The van der Waals surface area contributed by atoms with Crippen molar-refractivity contribution in [1.82, 2.24) is 20.2 Å². The summed E-state index contributed by atoms with van der Waals surface area (Å²) in [5.41, 5.74) is 0.963. The molecule has 0 aliphatic heterocycles. The third-order valence-corrected chi connectivity index (χ3v) is 5.23. The molecule has 8 nitrogen and oxygen atoms in total. The average Bonchev–Trinajstić information content (AvgIpc) is 2.95. The van der Waals surface area contributed by atoms with E-state index in [1.165, 1.54) is 23.5 Å². The third kappa shape index (κ3) is 4.98. The molecule has 0 aliphatic carbocycles. The molecule has 2 aromatic rings. The first-order valence-electron chi connectivity index (χ1n) is 6.84. The molecular formula is C13H17N5O3S2. The highest BCUT2D eigenvalue weighted by Crippen LogP contribution is 2.14. The molecule has 0 fully saturated rings. The van der Waals surface area contributed by atoms with Crippen molar-refractivity contribution >= 4 is 32.5 Å². The zero-order valence-corrected chi connectivity index (χ0v) is 14.3. The second-order valence-corrected chi connectivity index (χ2v) is 7.45. The molecule has 0 spiro atoms. The Labute approximate surface area is 138 Å². The van der Waals surface area contributed by atoms with Gasteiger partial charge in [-0.15, -0.1) is 10.2 Å². The maximum absolute atomic E-state index is 12.0. The van der Waals surface area contributed by atoms with E-state index in [2.05, 4.69) is 25.6 Å². The Morgan fingerprint density at radius 3 is 2.52 bits per heavy atom. The van der Waals surface area contributed by atoms with Gasteiger partial charge in [-0.1, -0.05) is 36.0 Å². The van der Waals surface area contributed by atoms with Crippen LogP contribution in [0, 0.1) is 6.92 Å². The molecule has 2 amide bonds. The maximum atomic E-state index is 12.0. The molecule has 0 bridgehead atoms. The van der Waals surface area contributed by atoms with Crippen molar-refractivity contribution in [1.29, 1.82) is 0 Å². The van der Waals surface area contributed by atoms with Crippen LogP contribution in [0.1, 0.15) is 17.5 Å². The SMILES string of the molecule is CCc1nnc(NC(=O)NCNS(=O)(=O)c2ccc(C)cc2)s1. The Morgan fingerprint density at radius 1 is 1.22 bits per heavy atom. The number of carbonyl (C=O) groups is 1. The molecule has 2 rings (SSSR count). The van der Waals surface area contributed by atoms with Crippen LogP contribution in [-0.4, -0.2) is 31.3 Å². The summed E-state index contributed by atoms with van der Waals surface area (Å²) in [5, 5.41) is 13.7. The number of amides is 2. The van der Waals surface area contributed by atoms with Gasteiger partial charge in [-0.3, -0.25) is 5.32 Å². The van der Waals surface area contributed by atoms with Gasteiger partial charge in [-0.2, -0.15) is 4.72 Å². The van der Waals surface area contributed by atoms with Crippen molar-refractivity contribution in [3.05, 3.63) is 34.8 Å². The highest BCUT2D eigenvalue weighted by molar-refractivity contribution is 7.89. The zero-order valence-electron chi connectivity index (χ0n) is 12.7. The van der Waals surface area contributed by atoms with Crippen molar-refractivity contribution < 1.29 is 13.2 Å². The predicted octanol–water partition coefficient (Wildman–Crippen LogP) is 1.47. The molecule has 1 aromatic carbocycles. The number of benzene rings is 1. The van der Waals surface area contributed by atoms with Gasteiger partial charge in [-0.05, 0) is 25.5 Å². The molecule has 1 aromatic heterocycles. The number of carbonyl (C=O) groups excluding carboxylic acids is 1. The van der Waals surface area contributed by atoms with Gasteiger partial charge < -0.3 is 5.32 Å². The van der Waals surface area contributed by atoms with E-state index in [1.54, 1.807) is 12.1 Å². The van der Waals surface area contributed by atoms with Gasteiger partial charge in [0.05, 0.1) is 11.6 Å². The van der Waals surface area contributed by atoms with E-state index < -0.39 is 16.1 Å². The number of aryl methyl sites for hydroxylation is 2. The Balaban J connectivity index is 1.83. The van der Waals surface area contributed by atoms with E-state index in [0.29, 0.717) is 5.13 Å². The summed E-state index contributed by atoms with van der Waals surface area (Å²) in [4.78, 5) is 11.8. The summed E-state index contributed by atoms with van der Waals surface area (Å²) >= 11 is 1.27. The average molecular weight is 355 g/mol. The molecule has 0 saturated carbocycles. The lowest BCUT2D eigenvalue weighted by atomic mass is 10.2. The molecule has 3 N–H and O–H groups in total. The number of nitrogens with one attached hydrogen (secondary N) is 3. The molecular weight excluding hydrogens is 338 g/mol. The second kappa shape index (κ2) is 7.49. The molecule has 124 valence electrons. The fourth-order valence-electron chi connectivity index (χ4n) is 1.60. The van der Waals surface area contributed by atoms with Crippen molar-refractivity contribution in [3.63, 3.8) is 0 Å². The van der Waals surface area contributed by atoms with E-state index >= 15 is 0 Å². The summed E-state index contributed by atoms with van der Waals surface area (Å²) in [6.45, 7) is 3.57. The van der Waals surface area contributed by atoms with E-state index in [4.69, 9.17) is 0 Å². The van der Waals surface area contributed by atoms with Crippen LogP contribution in [0.5, 0.6) is 0 Å². The van der Waals surface area contributed by atoms with Gasteiger partial charge in [-0.25, -0.2) is 13.2 Å². The number of nitrogens with zero attached hydrogens (tertiary/aromatic N) is 2. The molecule has 23 heavy (non-hydrogen) atoms.